The van der Waals surface area contributed by atoms with E-state index in [1.165, 1.54) is 24.2 Å². The molecule has 0 aliphatic carbocycles. The van der Waals surface area contributed by atoms with Crippen molar-refractivity contribution in [2.45, 2.75) is 31.6 Å². The van der Waals surface area contributed by atoms with Crippen LogP contribution in [0.25, 0.3) is 0 Å². The van der Waals surface area contributed by atoms with Crippen LogP contribution in [0.1, 0.15) is 24.0 Å². The molecule has 3 rings (SSSR count). The average molecular weight is 554 g/mol. The average Bonchev–Trinajstić information content (AvgIpc) is 3.25. The van der Waals surface area contributed by atoms with Crippen molar-refractivity contribution in [3.8, 4) is 5.75 Å². The van der Waals surface area contributed by atoms with E-state index in [0.717, 1.165) is 32.0 Å². The highest BCUT2D eigenvalue weighted by molar-refractivity contribution is 14.0. The molecule has 0 unspecified atom stereocenters. The summed E-state index contributed by atoms with van der Waals surface area (Å²) in [5, 5.41) is 9.68. The number of anilines is 1. The van der Waals surface area contributed by atoms with E-state index in [1.807, 2.05) is 6.07 Å². The molecule has 2 aromatic rings. The summed E-state index contributed by atoms with van der Waals surface area (Å²) in [6.07, 6.45) is -2.57. The molecule has 1 aromatic heterocycles. The number of thiophene rings is 1. The molecule has 166 valence electrons. The van der Waals surface area contributed by atoms with Crippen LogP contribution >= 0.6 is 35.3 Å². The van der Waals surface area contributed by atoms with Crippen molar-refractivity contribution < 1.29 is 17.9 Å². The monoisotopic (exact) mass is 554 g/mol. The van der Waals surface area contributed by atoms with Crippen molar-refractivity contribution in [2.24, 2.45) is 4.99 Å². The molecule has 10 heteroatoms. The van der Waals surface area contributed by atoms with Gasteiger partial charge in [-0.2, -0.15) is 13.2 Å². The first kappa shape index (κ1) is 24.6. The summed E-state index contributed by atoms with van der Waals surface area (Å²) in [6, 6.07) is 8.38. The largest absolute Gasteiger partial charge is 0.497 e. The van der Waals surface area contributed by atoms with E-state index in [2.05, 4.69) is 32.0 Å². The van der Waals surface area contributed by atoms with Crippen LogP contribution in [0.5, 0.6) is 5.75 Å². The molecule has 0 radical (unpaired) electrons. The van der Waals surface area contributed by atoms with Gasteiger partial charge in [-0.15, -0.1) is 35.3 Å². The Bertz CT molecular complexity index is 822. The summed E-state index contributed by atoms with van der Waals surface area (Å²) in [5.41, 5.74) is -0.558. The van der Waals surface area contributed by atoms with Crippen LogP contribution in [-0.2, 0) is 12.7 Å². The maximum Gasteiger partial charge on any atom is 0.416 e. The lowest BCUT2D eigenvalue weighted by Crippen LogP contribution is -2.48. The summed E-state index contributed by atoms with van der Waals surface area (Å²) in [5.74, 6) is 0.685. The Labute approximate surface area is 195 Å². The third-order valence-corrected chi connectivity index (χ3v) is 5.87. The smallest absolute Gasteiger partial charge is 0.416 e. The summed E-state index contributed by atoms with van der Waals surface area (Å²) >= 11 is 1.73. The Kier molecular flexibility index (Phi) is 9.08. The fraction of sp³-hybridized carbons (Fsp3) is 0.450. The molecule has 2 N–H and O–H groups in total. The van der Waals surface area contributed by atoms with Crippen molar-refractivity contribution in [1.29, 1.82) is 0 Å². The predicted octanol–water partition coefficient (Wildman–Crippen LogP) is 4.73. The standard InChI is InChI=1S/C20H25F3N4OS.HI/c1-24-19(26-15-7-9-27(10-8-15)18-4-3-11-29-18)25-13-14-5-6-16(28-2)12-17(14)20(21,22)23;/h3-6,11-12,15H,7-10,13H2,1-2H3,(H2,24,25,26);1H. The number of guanidine groups is 1. The first-order valence-corrected chi connectivity index (χ1v) is 10.3. The lowest BCUT2D eigenvalue weighted by molar-refractivity contribution is -0.138. The van der Waals surface area contributed by atoms with Crippen LogP contribution in [-0.4, -0.2) is 39.2 Å². The van der Waals surface area contributed by atoms with Gasteiger partial charge in [0.2, 0.25) is 0 Å². The molecule has 0 atom stereocenters. The number of hydrogen-bond donors (Lipinski definition) is 2. The molecule has 0 amide bonds. The lowest BCUT2D eigenvalue weighted by atomic mass is 10.1. The van der Waals surface area contributed by atoms with Crippen molar-refractivity contribution in [1.82, 2.24) is 10.6 Å². The Morgan fingerprint density at radius 1 is 1.27 bits per heavy atom. The minimum Gasteiger partial charge on any atom is -0.497 e. The highest BCUT2D eigenvalue weighted by Gasteiger charge is 2.33. The van der Waals surface area contributed by atoms with Crippen LogP contribution in [0, 0.1) is 0 Å². The Morgan fingerprint density at radius 3 is 2.57 bits per heavy atom. The zero-order chi connectivity index (χ0) is 20.9. The number of ether oxygens (including phenoxy) is 1. The van der Waals surface area contributed by atoms with Gasteiger partial charge in [-0.05, 0) is 48.1 Å². The maximum absolute atomic E-state index is 13.4. The van der Waals surface area contributed by atoms with E-state index in [9.17, 15) is 13.2 Å². The van der Waals surface area contributed by atoms with Gasteiger partial charge in [-0.25, -0.2) is 0 Å². The number of alkyl halides is 3. The third-order valence-electron chi connectivity index (χ3n) is 4.95. The molecule has 1 fully saturated rings. The number of piperidine rings is 1. The molecule has 0 saturated carbocycles. The van der Waals surface area contributed by atoms with Crippen molar-refractivity contribution in [3.63, 3.8) is 0 Å². The minimum absolute atomic E-state index is 0. The van der Waals surface area contributed by atoms with E-state index in [4.69, 9.17) is 4.74 Å². The van der Waals surface area contributed by atoms with Gasteiger partial charge in [0.15, 0.2) is 5.96 Å². The molecule has 1 aromatic carbocycles. The molecular weight excluding hydrogens is 528 g/mol. The van der Waals surface area contributed by atoms with E-state index in [-0.39, 0.29) is 47.9 Å². The first-order chi connectivity index (χ1) is 13.9. The number of halogens is 4. The normalized spacial score (nSPS) is 15.5. The fourth-order valence-electron chi connectivity index (χ4n) is 3.36. The Hall–Kier alpha value is -1.69. The molecular formula is C20H26F3IN4OS. The zero-order valence-corrected chi connectivity index (χ0v) is 20.0. The SMILES string of the molecule is CN=C(NCc1ccc(OC)cc1C(F)(F)F)NC1CCN(c2cccs2)CC1.I. The molecule has 0 spiro atoms. The summed E-state index contributed by atoms with van der Waals surface area (Å²) in [6.45, 7) is 1.89. The summed E-state index contributed by atoms with van der Waals surface area (Å²) in [7, 11) is 2.97. The number of methoxy groups -OCH3 is 1. The summed E-state index contributed by atoms with van der Waals surface area (Å²) < 4.78 is 45.0. The van der Waals surface area contributed by atoms with Gasteiger partial charge in [0.25, 0.3) is 0 Å². The van der Waals surface area contributed by atoms with Gasteiger partial charge < -0.3 is 20.3 Å². The van der Waals surface area contributed by atoms with Gasteiger partial charge in [0.05, 0.1) is 17.7 Å². The number of nitrogens with zero attached hydrogens (tertiary/aromatic N) is 2. The summed E-state index contributed by atoms with van der Waals surface area (Å²) in [4.78, 5) is 6.52. The molecule has 0 bridgehead atoms. The highest BCUT2D eigenvalue weighted by Crippen LogP contribution is 2.34. The predicted molar refractivity (Wildman–Crippen MR) is 126 cm³/mol. The molecule has 1 aliphatic heterocycles. The molecule has 1 saturated heterocycles. The quantitative estimate of drug-likeness (QED) is 0.319. The van der Waals surface area contributed by atoms with E-state index in [1.54, 1.807) is 18.4 Å². The van der Waals surface area contributed by atoms with E-state index < -0.39 is 11.7 Å². The van der Waals surface area contributed by atoms with Crippen molar-refractivity contribution in [3.05, 3.63) is 46.8 Å². The lowest BCUT2D eigenvalue weighted by Gasteiger charge is -2.33. The number of hydrogen-bond acceptors (Lipinski definition) is 4. The van der Waals surface area contributed by atoms with Crippen LogP contribution in [0.3, 0.4) is 0 Å². The van der Waals surface area contributed by atoms with Gasteiger partial charge in [0, 0.05) is 32.7 Å². The van der Waals surface area contributed by atoms with Crippen LogP contribution in [0.2, 0.25) is 0 Å². The van der Waals surface area contributed by atoms with E-state index >= 15 is 0 Å². The van der Waals surface area contributed by atoms with Gasteiger partial charge in [-0.3, -0.25) is 4.99 Å². The van der Waals surface area contributed by atoms with Crippen LogP contribution < -0.4 is 20.3 Å². The zero-order valence-electron chi connectivity index (χ0n) is 16.8. The first-order valence-electron chi connectivity index (χ1n) is 9.40. The minimum atomic E-state index is -4.45. The second-order valence-corrected chi connectivity index (χ2v) is 7.73. The Balaban J connectivity index is 0.00000320. The molecule has 2 heterocycles. The fourth-order valence-corrected chi connectivity index (χ4v) is 4.15. The van der Waals surface area contributed by atoms with Crippen molar-refractivity contribution in [2.75, 3.05) is 32.1 Å². The van der Waals surface area contributed by atoms with Crippen LogP contribution in [0.15, 0.2) is 40.7 Å². The number of rotatable bonds is 5. The third kappa shape index (κ3) is 6.40. The maximum atomic E-state index is 13.4. The molecule has 30 heavy (non-hydrogen) atoms. The second kappa shape index (κ2) is 11.1. The van der Waals surface area contributed by atoms with Gasteiger partial charge in [-0.1, -0.05) is 6.07 Å². The van der Waals surface area contributed by atoms with Gasteiger partial charge in [0.1, 0.15) is 5.75 Å². The van der Waals surface area contributed by atoms with E-state index in [0.29, 0.717) is 5.96 Å². The molecule has 1 aliphatic rings. The van der Waals surface area contributed by atoms with Gasteiger partial charge >= 0.3 is 6.18 Å². The topological polar surface area (TPSA) is 48.9 Å². The molecule has 5 nitrogen and oxygen atoms in total. The number of benzene rings is 1. The highest BCUT2D eigenvalue weighted by atomic mass is 127. The number of nitrogens with one attached hydrogen (secondary N) is 2. The second-order valence-electron chi connectivity index (χ2n) is 6.80. The van der Waals surface area contributed by atoms with Crippen molar-refractivity contribution >= 4 is 46.3 Å². The Morgan fingerprint density at radius 2 is 2.00 bits per heavy atom. The number of aliphatic imine (C=N–C) groups is 1. The van der Waals surface area contributed by atoms with Crippen LogP contribution in [0.4, 0.5) is 18.2 Å².